The number of halogens is 1. The number of rotatable bonds is 3. The summed E-state index contributed by atoms with van der Waals surface area (Å²) in [4.78, 5) is 25.2. The number of fused-ring (bicyclic) bond motifs is 3. The number of hydrogen-bond acceptors (Lipinski definition) is 6. The molecule has 1 N–H and O–H groups in total. The van der Waals surface area contributed by atoms with Gasteiger partial charge in [0.1, 0.15) is 10.7 Å². The first-order chi connectivity index (χ1) is 12.3. The van der Waals surface area contributed by atoms with Crippen molar-refractivity contribution in [2.75, 3.05) is 25.1 Å². The van der Waals surface area contributed by atoms with Gasteiger partial charge in [0, 0.05) is 20.0 Å². The van der Waals surface area contributed by atoms with E-state index < -0.39 is 28.5 Å². The minimum absolute atomic E-state index is 0.0614. The number of likely N-dealkylation sites (N-methyl/N-ethyl adjacent to an activating group) is 1. The monoisotopic (exact) mass is 399 g/mol. The summed E-state index contributed by atoms with van der Waals surface area (Å²) in [6, 6.07) is 2.62. The quantitative estimate of drug-likeness (QED) is 0.776. The molecule has 1 amide bonds. The summed E-state index contributed by atoms with van der Waals surface area (Å²) in [5.41, 5.74) is 0.302. The van der Waals surface area contributed by atoms with Gasteiger partial charge in [-0.1, -0.05) is 18.0 Å². The number of benzene rings is 1. The van der Waals surface area contributed by atoms with Crippen LogP contribution in [0.15, 0.2) is 21.4 Å². The minimum Gasteiger partial charge on any atom is -0.452 e. The Morgan fingerprint density at radius 2 is 2.08 bits per heavy atom. The Morgan fingerprint density at radius 1 is 1.31 bits per heavy atom. The van der Waals surface area contributed by atoms with E-state index in [1.54, 1.807) is 0 Å². The smallest absolute Gasteiger partial charge is 0.340 e. The van der Waals surface area contributed by atoms with Crippen molar-refractivity contribution in [1.29, 1.82) is 0 Å². The molecular formula is C16H18ClN3O5S. The van der Waals surface area contributed by atoms with Gasteiger partial charge in [-0.15, -0.1) is 4.40 Å². The van der Waals surface area contributed by atoms with Crippen LogP contribution in [0.25, 0.3) is 0 Å². The van der Waals surface area contributed by atoms with Gasteiger partial charge in [0.05, 0.1) is 16.3 Å². The topological polar surface area (TPSA) is 105 Å². The molecule has 0 aliphatic carbocycles. The summed E-state index contributed by atoms with van der Waals surface area (Å²) in [5, 5.41) is 2.38. The molecule has 2 aliphatic rings. The Hall–Kier alpha value is -2.13. The van der Waals surface area contributed by atoms with Crippen molar-refractivity contribution in [1.82, 2.24) is 5.32 Å². The first kappa shape index (κ1) is 18.7. The second-order valence-corrected chi connectivity index (χ2v) is 7.97. The van der Waals surface area contributed by atoms with Crippen LogP contribution in [-0.2, 0) is 19.6 Å². The molecule has 26 heavy (non-hydrogen) atoms. The number of nitrogens with one attached hydrogen (secondary N) is 1. The van der Waals surface area contributed by atoms with Gasteiger partial charge in [-0.3, -0.25) is 4.79 Å². The van der Waals surface area contributed by atoms with Crippen LogP contribution in [-0.4, -0.2) is 46.3 Å². The molecule has 0 spiro atoms. The van der Waals surface area contributed by atoms with Crippen molar-refractivity contribution in [3.8, 4) is 0 Å². The third-order valence-electron chi connectivity index (χ3n) is 4.27. The molecule has 0 unspecified atom stereocenters. The molecule has 1 saturated heterocycles. The predicted octanol–water partition coefficient (Wildman–Crippen LogP) is 1.72. The first-order valence-corrected chi connectivity index (χ1v) is 9.98. The van der Waals surface area contributed by atoms with Crippen LogP contribution < -0.4 is 10.2 Å². The third kappa shape index (κ3) is 3.54. The van der Waals surface area contributed by atoms with E-state index in [9.17, 15) is 18.0 Å². The maximum absolute atomic E-state index is 12.6. The number of carbonyl (C=O) groups is 2. The van der Waals surface area contributed by atoms with Crippen LogP contribution >= 0.6 is 11.6 Å². The minimum atomic E-state index is -3.94. The van der Waals surface area contributed by atoms with E-state index in [0.29, 0.717) is 24.5 Å². The number of anilines is 1. The Bertz CT molecular complexity index is 897. The fourth-order valence-electron chi connectivity index (χ4n) is 2.93. The van der Waals surface area contributed by atoms with Crippen LogP contribution in [0.2, 0.25) is 5.02 Å². The van der Waals surface area contributed by atoms with Crippen molar-refractivity contribution in [2.24, 2.45) is 4.40 Å². The van der Waals surface area contributed by atoms with Gasteiger partial charge in [-0.05, 0) is 25.0 Å². The summed E-state index contributed by atoms with van der Waals surface area (Å²) in [7, 11) is -2.53. The van der Waals surface area contributed by atoms with E-state index in [1.165, 1.54) is 19.2 Å². The van der Waals surface area contributed by atoms with Crippen molar-refractivity contribution < 1.29 is 22.7 Å². The number of amidine groups is 1. The first-order valence-electron chi connectivity index (χ1n) is 8.16. The van der Waals surface area contributed by atoms with Crippen molar-refractivity contribution in [3.63, 3.8) is 0 Å². The second kappa shape index (κ2) is 7.24. The maximum atomic E-state index is 12.6. The van der Waals surface area contributed by atoms with Crippen LogP contribution in [0.4, 0.5) is 5.69 Å². The van der Waals surface area contributed by atoms with Gasteiger partial charge in [0.25, 0.3) is 15.9 Å². The van der Waals surface area contributed by atoms with Gasteiger partial charge in [0.2, 0.25) is 0 Å². The number of carbonyl (C=O) groups excluding carboxylic acids is 2. The lowest BCUT2D eigenvalue weighted by Crippen LogP contribution is -2.35. The second-order valence-electron chi connectivity index (χ2n) is 5.99. The van der Waals surface area contributed by atoms with E-state index in [0.717, 1.165) is 19.3 Å². The number of amides is 1. The van der Waals surface area contributed by atoms with Gasteiger partial charge >= 0.3 is 5.97 Å². The Balaban J connectivity index is 2.00. The Morgan fingerprint density at radius 3 is 2.81 bits per heavy atom. The van der Waals surface area contributed by atoms with E-state index in [1.807, 2.05) is 4.90 Å². The van der Waals surface area contributed by atoms with Crippen molar-refractivity contribution in [2.45, 2.75) is 30.6 Å². The molecule has 0 aromatic heterocycles. The number of esters is 1. The molecule has 8 nitrogen and oxygen atoms in total. The highest BCUT2D eigenvalue weighted by Gasteiger charge is 2.33. The zero-order chi connectivity index (χ0) is 18.9. The molecule has 1 aromatic carbocycles. The fraction of sp³-hybridized carbons (Fsp3) is 0.438. The number of hydrogen-bond donors (Lipinski definition) is 1. The predicted molar refractivity (Wildman–Crippen MR) is 96.2 cm³/mol. The molecule has 0 bridgehead atoms. The van der Waals surface area contributed by atoms with Gasteiger partial charge in [-0.25, -0.2) is 4.79 Å². The van der Waals surface area contributed by atoms with Gasteiger partial charge in [0.15, 0.2) is 6.61 Å². The highest BCUT2D eigenvalue weighted by Crippen LogP contribution is 2.38. The largest absolute Gasteiger partial charge is 0.452 e. The van der Waals surface area contributed by atoms with Crippen LogP contribution in [0.3, 0.4) is 0 Å². The Kier molecular flexibility index (Phi) is 5.19. The molecule has 140 valence electrons. The van der Waals surface area contributed by atoms with E-state index in [4.69, 9.17) is 16.3 Å². The summed E-state index contributed by atoms with van der Waals surface area (Å²) in [6.07, 6.45) is 3.35. The zero-order valence-corrected chi connectivity index (χ0v) is 15.7. The number of nitrogens with zero attached hydrogens (tertiary/aromatic N) is 2. The lowest BCUT2D eigenvalue weighted by molar-refractivity contribution is -0.123. The summed E-state index contributed by atoms with van der Waals surface area (Å²) in [6.45, 7) is 0.155. The number of ether oxygens (including phenoxy) is 1. The van der Waals surface area contributed by atoms with Crippen LogP contribution in [0.1, 0.15) is 36.0 Å². The molecule has 3 rings (SSSR count). The van der Waals surface area contributed by atoms with Gasteiger partial charge < -0.3 is 15.0 Å². The average molecular weight is 400 g/mol. The van der Waals surface area contributed by atoms with Gasteiger partial charge in [-0.2, -0.15) is 8.42 Å². The molecule has 1 aromatic rings. The highest BCUT2D eigenvalue weighted by molar-refractivity contribution is 7.90. The van der Waals surface area contributed by atoms with E-state index >= 15 is 0 Å². The molecule has 2 aliphatic heterocycles. The molecule has 2 heterocycles. The molecule has 1 fully saturated rings. The van der Waals surface area contributed by atoms with Crippen LogP contribution in [0.5, 0.6) is 0 Å². The van der Waals surface area contributed by atoms with Crippen molar-refractivity contribution >= 4 is 45.0 Å². The zero-order valence-electron chi connectivity index (χ0n) is 14.1. The van der Waals surface area contributed by atoms with Crippen LogP contribution in [0, 0.1) is 0 Å². The van der Waals surface area contributed by atoms with Crippen molar-refractivity contribution in [3.05, 3.63) is 22.7 Å². The molecule has 10 heteroatoms. The normalized spacial score (nSPS) is 18.1. The highest BCUT2D eigenvalue weighted by atomic mass is 35.5. The fourth-order valence-corrected chi connectivity index (χ4v) is 4.43. The third-order valence-corrected chi connectivity index (χ3v) is 5.92. The maximum Gasteiger partial charge on any atom is 0.340 e. The standard InChI is InChI=1S/C16H18ClN3O5S/c1-18-15(21)9-25-16(22)10-7-13-12(8-11(10)17)20-6-4-2-3-5-14(20)19-26(13,23)24/h7-8H,2-6,9H2,1H3,(H,18,21). The summed E-state index contributed by atoms with van der Waals surface area (Å²) < 4.78 is 33.9. The van der Waals surface area contributed by atoms with E-state index in [2.05, 4.69) is 9.71 Å². The molecule has 0 radical (unpaired) electrons. The molecular weight excluding hydrogens is 382 g/mol. The number of sulfonamides is 1. The lowest BCUT2D eigenvalue weighted by Gasteiger charge is -2.30. The molecule has 0 atom stereocenters. The van der Waals surface area contributed by atoms with E-state index in [-0.39, 0.29) is 15.5 Å². The lowest BCUT2D eigenvalue weighted by atomic mass is 10.1. The average Bonchev–Trinajstić information content (AvgIpc) is 2.83. The SMILES string of the molecule is CNC(=O)COC(=O)c1cc2c(cc1Cl)N1CCCCCC1=NS2(=O)=O. The Labute approximate surface area is 156 Å². The summed E-state index contributed by atoms with van der Waals surface area (Å²) in [5.74, 6) is -0.859. The summed E-state index contributed by atoms with van der Waals surface area (Å²) >= 11 is 6.21. The molecule has 0 saturated carbocycles.